The van der Waals surface area contributed by atoms with E-state index >= 15 is 0 Å². The maximum absolute atomic E-state index is 5.87. The molecule has 0 radical (unpaired) electrons. The Balaban J connectivity index is 2.30. The smallest absolute Gasteiger partial charge is 0.224 e. The van der Waals surface area contributed by atoms with Crippen molar-refractivity contribution in [1.29, 1.82) is 0 Å². The van der Waals surface area contributed by atoms with E-state index in [1.54, 1.807) is 0 Å². The molecule has 0 fully saturated rings. The normalized spacial score (nSPS) is 10.3. The molecule has 4 heteroatoms. The van der Waals surface area contributed by atoms with Crippen LogP contribution in [0.4, 0.5) is 5.82 Å². The topological polar surface area (TPSA) is 47.0 Å². The lowest BCUT2D eigenvalue weighted by atomic mass is 10.1. The van der Waals surface area contributed by atoms with Crippen LogP contribution in [0, 0.1) is 20.8 Å². The molecular formula is C15H19N3O. The summed E-state index contributed by atoms with van der Waals surface area (Å²) in [5.41, 5.74) is 2.33. The van der Waals surface area contributed by atoms with Crippen LogP contribution in [0.5, 0.6) is 11.6 Å². The van der Waals surface area contributed by atoms with Crippen LogP contribution in [-0.4, -0.2) is 16.5 Å². The number of anilines is 1. The van der Waals surface area contributed by atoms with Gasteiger partial charge in [0.05, 0.1) is 0 Å². The van der Waals surface area contributed by atoms with E-state index in [9.17, 15) is 0 Å². The largest absolute Gasteiger partial charge is 0.439 e. The van der Waals surface area contributed by atoms with E-state index in [0.717, 1.165) is 23.7 Å². The Bertz CT molecular complexity index is 582. The molecule has 0 unspecified atom stereocenters. The number of benzene rings is 1. The third kappa shape index (κ3) is 3.22. The predicted molar refractivity (Wildman–Crippen MR) is 76.9 cm³/mol. The molecule has 0 saturated carbocycles. The minimum atomic E-state index is 0.567. The van der Waals surface area contributed by atoms with Crippen molar-refractivity contribution in [2.45, 2.75) is 27.7 Å². The number of nitrogens with zero attached hydrogens (tertiary/aromatic N) is 2. The lowest BCUT2D eigenvalue weighted by Gasteiger charge is -2.11. The van der Waals surface area contributed by atoms with Crippen molar-refractivity contribution in [1.82, 2.24) is 9.97 Å². The second-order valence-electron chi connectivity index (χ2n) is 4.47. The van der Waals surface area contributed by atoms with Gasteiger partial charge < -0.3 is 10.1 Å². The van der Waals surface area contributed by atoms with E-state index in [4.69, 9.17) is 4.74 Å². The minimum Gasteiger partial charge on any atom is -0.439 e. The fourth-order valence-electron chi connectivity index (χ4n) is 1.81. The van der Waals surface area contributed by atoms with E-state index in [1.807, 2.05) is 39.0 Å². The number of aromatic nitrogens is 2. The maximum atomic E-state index is 5.87. The van der Waals surface area contributed by atoms with Gasteiger partial charge in [0, 0.05) is 12.6 Å². The first-order valence-corrected chi connectivity index (χ1v) is 6.43. The molecule has 1 aromatic heterocycles. The zero-order valence-corrected chi connectivity index (χ0v) is 11.8. The van der Waals surface area contributed by atoms with Gasteiger partial charge in [0.25, 0.3) is 0 Å². The molecule has 0 atom stereocenters. The summed E-state index contributed by atoms with van der Waals surface area (Å²) in [6.45, 7) is 8.82. The zero-order valence-electron chi connectivity index (χ0n) is 11.8. The highest BCUT2D eigenvalue weighted by molar-refractivity contribution is 5.43. The van der Waals surface area contributed by atoms with Crippen LogP contribution in [0.3, 0.4) is 0 Å². The molecule has 0 bridgehead atoms. The number of nitrogens with one attached hydrogen (secondary N) is 1. The Labute approximate surface area is 113 Å². The monoisotopic (exact) mass is 257 g/mol. The number of rotatable bonds is 4. The van der Waals surface area contributed by atoms with Crippen molar-refractivity contribution >= 4 is 5.82 Å². The Morgan fingerprint density at radius 1 is 1.16 bits per heavy atom. The maximum Gasteiger partial charge on any atom is 0.224 e. The molecule has 0 amide bonds. The molecule has 0 saturated heterocycles. The summed E-state index contributed by atoms with van der Waals surface area (Å²) in [6, 6.07) is 7.82. The van der Waals surface area contributed by atoms with Crippen LogP contribution in [-0.2, 0) is 0 Å². The van der Waals surface area contributed by atoms with E-state index in [2.05, 4.69) is 28.3 Å². The molecule has 0 spiro atoms. The van der Waals surface area contributed by atoms with E-state index in [1.165, 1.54) is 5.56 Å². The van der Waals surface area contributed by atoms with Crippen LogP contribution in [0.1, 0.15) is 23.9 Å². The van der Waals surface area contributed by atoms with Gasteiger partial charge in [-0.05, 0) is 44.9 Å². The third-order valence-corrected chi connectivity index (χ3v) is 2.94. The quantitative estimate of drug-likeness (QED) is 0.908. The molecule has 0 aliphatic carbocycles. The lowest BCUT2D eigenvalue weighted by molar-refractivity contribution is 0.456. The second-order valence-corrected chi connectivity index (χ2v) is 4.47. The fraction of sp³-hybridized carbons (Fsp3) is 0.333. The molecule has 0 aliphatic heterocycles. The van der Waals surface area contributed by atoms with E-state index in [-0.39, 0.29) is 0 Å². The van der Waals surface area contributed by atoms with Crippen molar-refractivity contribution in [3.05, 3.63) is 41.2 Å². The predicted octanol–water partition coefficient (Wildman–Crippen LogP) is 3.63. The minimum absolute atomic E-state index is 0.567. The molecule has 2 rings (SSSR count). The summed E-state index contributed by atoms with van der Waals surface area (Å²) in [5.74, 6) is 2.88. The molecular weight excluding hydrogens is 238 g/mol. The first-order chi connectivity index (χ1) is 9.10. The third-order valence-electron chi connectivity index (χ3n) is 2.94. The number of hydrogen-bond donors (Lipinski definition) is 1. The van der Waals surface area contributed by atoms with Gasteiger partial charge in [0.15, 0.2) is 0 Å². The van der Waals surface area contributed by atoms with Gasteiger partial charge in [0.1, 0.15) is 17.4 Å². The van der Waals surface area contributed by atoms with Gasteiger partial charge in [-0.3, -0.25) is 0 Å². The van der Waals surface area contributed by atoms with Crippen LogP contribution >= 0.6 is 0 Å². The summed E-state index contributed by atoms with van der Waals surface area (Å²) in [7, 11) is 0. The molecule has 19 heavy (non-hydrogen) atoms. The SMILES string of the molecule is CCNc1cc(Oc2cccc(C)c2C)nc(C)n1. The Morgan fingerprint density at radius 2 is 1.95 bits per heavy atom. The van der Waals surface area contributed by atoms with Gasteiger partial charge in [-0.2, -0.15) is 4.98 Å². The Kier molecular flexibility index (Phi) is 4.00. The summed E-state index contributed by atoms with van der Waals surface area (Å²) in [6.07, 6.45) is 0. The molecule has 1 aromatic carbocycles. The Hall–Kier alpha value is -2.10. The second kappa shape index (κ2) is 5.69. The van der Waals surface area contributed by atoms with E-state index < -0.39 is 0 Å². The van der Waals surface area contributed by atoms with Crippen LogP contribution in [0.15, 0.2) is 24.3 Å². The lowest BCUT2D eigenvalue weighted by Crippen LogP contribution is -2.03. The van der Waals surface area contributed by atoms with Crippen LogP contribution < -0.4 is 10.1 Å². The highest BCUT2D eigenvalue weighted by Crippen LogP contribution is 2.26. The van der Waals surface area contributed by atoms with Gasteiger partial charge in [-0.1, -0.05) is 12.1 Å². The average Bonchev–Trinajstić information content (AvgIpc) is 2.35. The molecule has 1 N–H and O–H groups in total. The molecule has 2 aromatic rings. The highest BCUT2D eigenvalue weighted by Gasteiger charge is 2.06. The molecule has 4 nitrogen and oxygen atoms in total. The fourth-order valence-corrected chi connectivity index (χ4v) is 1.81. The zero-order chi connectivity index (χ0) is 13.8. The first-order valence-electron chi connectivity index (χ1n) is 6.43. The summed E-state index contributed by atoms with van der Waals surface area (Å²) in [4.78, 5) is 8.61. The number of aryl methyl sites for hydroxylation is 2. The summed E-state index contributed by atoms with van der Waals surface area (Å²) < 4.78 is 5.87. The summed E-state index contributed by atoms with van der Waals surface area (Å²) >= 11 is 0. The standard InChI is InChI=1S/C15H19N3O/c1-5-16-14-9-15(18-12(4)17-14)19-13-8-6-7-10(2)11(13)3/h6-9H,5H2,1-4H3,(H,16,17,18). The van der Waals surface area contributed by atoms with Gasteiger partial charge in [-0.15, -0.1) is 0 Å². The summed E-state index contributed by atoms with van der Waals surface area (Å²) in [5, 5.41) is 3.17. The molecule has 1 heterocycles. The Morgan fingerprint density at radius 3 is 2.68 bits per heavy atom. The van der Waals surface area contributed by atoms with Crippen molar-refractivity contribution in [2.24, 2.45) is 0 Å². The van der Waals surface area contributed by atoms with E-state index in [0.29, 0.717) is 11.7 Å². The number of ether oxygens (including phenoxy) is 1. The average molecular weight is 257 g/mol. The van der Waals surface area contributed by atoms with Gasteiger partial charge in [0.2, 0.25) is 5.88 Å². The van der Waals surface area contributed by atoms with Gasteiger partial charge >= 0.3 is 0 Å². The van der Waals surface area contributed by atoms with Crippen molar-refractivity contribution < 1.29 is 4.74 Å². The highest BCUT2D eigenvalue weighted by atomic mass is 16.5. The van der Waals surface area contributed by atoms with Crippen molar-refractivity contribution in [3.8, 4) is 11.6 Å². The van der Waals surface area contributed by atoms with Crippen LogP contribution in [0.2, 0.25) is 0 Å². The molecule has 0 aliphatic rings. The first kappa shape index (κ1) is 13.3. The van der Waals surface area contributed by atoms with Crippen LogP contribution in [0.25, 0.3) is 0 Å². The van der Waals surface area contributed by atoms with Gasteiger partial charge in [-0.25, -0.2) is 4.98 Å². The van der Waals surface area contributed by atoms with Crippen molar-refractivity contribution in [2.75, 3.05) is 11.9 Å². The molecule has 100 valence electrons. The van der Waals surface area contributed by atoms with Crippen molar-refractivity contribution in [3.63, 3.8) is 0 Å². The number of hydrogen-bond acceptors (Lipinski definition) is 4.